The van der Waals surface area contributed by atoms with Crippen molar-refractivity contribution in [2.24, 2.45) is 5.73 Å². The van der Waals surface area contributed by atoms with Crippen LogP contribution in [0.4, 0.5) is 0 Å². The SMILES string of the molecule is CS(=O)(=O)c1cc(Br)cc(C2(N)CCCC2)c1. The fraction of sp³-hybridized carbons (Fsp3) is 0.500. The van der Waals surface area contributed by atoms with Crippen LogP contribution in [0.15, 0.2) is 27.6 Å². The largest absolute Gasteiger partial charge is 0.321 e. The molecule has 0 spiro atoms. The van der Waals surface area contributed by atoms with Crippen LogP contribution in [0, 0.1) is 0 Å². The molecular formula is C12H16BrNO2S. The Balaban J connectivity index is 2.52. The van der Waals surface area contributed by atoms with Gasteiger partial charge in [-0.3, -0.25) is 0 Å². The summed E-state index contributed by atoms with van der Waals surface area (Å²) >= 11 is 3.36. The highest BCUT2D eigenvalue weighted by atomic mass is 79.9. The first-order chi connectivity index (χ1) is 7.81. The van der Waals surface area contributed by atoms with Gasteiger partial charge in [0.25, 0.3) is 0 Å². The normalized spacial score (nSPS) is 19.5. The Hall–Kier alpha value is -0.390. The lowest BCUT2D eigenvalue weighted by molar-refractivity contribution is 0.460. The number of halogens is 1. The number of sulfone groups is 1. The lowest BCUT2D eigenvalue weighted by Crippen LogP contribution is -2.33. The van der Waals surface area contributed by atoms with E-state index < -0.39 is 9.84 Å². The van der Waals surface area contributed by atoms with Crippen LogP contribution in [0.5, 0.6) is 0 Å². The molecule has 0 unspecified atom stereocenters. The van der Waals surface area contributed by atoms with Crippen molar-refractivity contribution in [3.05, 3.63) is 28.2 Å². The van der Waals surface area contributed by atoms with Gasteiger partial charge < -0.3 is 5.73 Å². The monoisotopic (exact) mass is 317 g/mol. The molecule has 0 aromatic heterocycles. The molecule has 1 aliphatic carbocycles. The molecule has 0 heterocycles. The minimum atomic E-state index is -3.19. The number of rotatable bonds is 2. The van der Waals surface area contributed by atoms with Gasteiger partial charge in [0.2, 0.25) is 0 Å². The maximum Gasteiger partial charge on any atom is 0.175 e. The molecule has 2 rings (SSSR count). The summed E-state index contributed by atoms with van der Waals surface area (Å²) in [6.07, 6.45) is 5.28. The summed E-state index contributed by atoms with van der Waals surface area (Å²) in [5, 5.41) is 0. The van der Waals surface area contributed by atoms with Gasteiger partial charge in [-0.05, 0) is 36.6 Å². The van der Waals surface area contributed by atoms with Gasteiger partial charge in [0, 0.05) is 16.3 Å². The molecule has 1 aliphatic rings. The first-order valence-electron chi connectivity index (χ1n) is 5.61. The second-order valence-electron chi connectivity index (χ2n) is 4.81. The van der Waals surface area contributed by atoms with Crippen LogP contribution in [0.3, 0.4) is 0 Å². The molecule has 94 valence electrons. The summed E-state index contributed by atoms with van der Waals surface area (Å²) in [6, 6.07) is 5.27. The van der Waals surface area contributed by atoms with E-state index in [4.69, 9.17) is 5.73 Å². The summed E-state index contributed by atoms with van der Waals surface area (Å²) in [5.74, 6) is 0. The zero-order valence-electron chi connectivity index (χ0n) is 9.74. The minimum Gasteiger partial charge on any atom is -0.321 e. The summed E-state index contributed by atoms with van der Waals surface area (Å²) < 4.78 is 24.0. The second kappa shape index (κ2) is 4.37. The standard InChI is InChI=1S/C12H16BrNO2S/c1-17(15,16)11-7-9(6-10(13)8-11)12(14)4-2-3-5-12/h6-8H,2-5,14H2,1H3. The van der Waals surface area contributed by atoms with Gasteiger partial charge >= 0.3 is 0 Å². The first-order valence-corrected chi connectivity index (χ1v) is 8.30. The highest BCUT2D eigenvalue weighted by molar-refractivity contribution is 9.10. The third kappa shape index (κ3) is 2.72. The van der Waals surface area contributed by atoms with Crippen molar-refractivity contribution in [1.29, 1.82) is 0 Å². The summed E-state index contributed by atoms with van der Waals surface area (Å²) in [4.78, 5) is 0.332. The molecule has 0 atom stereocenters. The molecule has 0 saturated heterocycles. The molecular weight excluding hydrogens is 302 g/mol. The van der Waals surface area contributed by atoms with Crippen LogP contribution in [-0.2, 0) is 15.4 Å². The molecule has 0 radical (unpaired) electrons. The third-order valence-electron chi connectivity index (χ3n) is 3.37. The highest BCUT2D eigenvalue weighted by Crippen LogP contribution is 2.38. The summed E-state index contributed by atoms with van der Waals surface area (Å²) in [6.45, 7) is 0. The number of hydrogen-bond donors (Lipinski definition) is 1. The Kier molecular flexibility index (Phi) is 3.36. The topological polar surface area (TPSA) is 60.2 Å². The molecule has 0 aliphatic heterocycles. The zero-order chi connectivity index (χ0) is 12.7. The molecule has 1 fully saturated rings. The van der Waals surface area contributed by atoms with Crippen LogP contribution in [0.25, 0.3) is 0 Å². The van der Waals surface area contributed by atoms with Crippen molar-refractivity contribution in [2.45, 2.75) is 36.1 Å². The highest BCUT2D eigenvalue weighted by Gasteiger charge is 2.32. The fourth-order valence-corrected chi connectivity index (χ4v) is 3.69. The summed E-state index contributed by atoms with van der Waals surface area (Å²) in [7, 11) is -3.19. The van der Waals surface area contributed by atoms with Crippen LogP contribution in [0.2, 0.25) is 0 Å². The van der Waals surface area contributed by atoms with Crippen molar-refractivity contribution >= 4 is 25.8 Å². The Morgan fingerprint density at radius 3 is 2.35 bits per heavy atom. The average molecular weight is 318 g/mol. The second-order valence-corrected chi connectivity index (χ2v) is 7.74. The maximum absolute atomic E-state index is 11.6. The van der Waals surface area contributed by atoms with E-state index in [2.05, 4.69) is 15.9 Å². The van der Waals surface area contributed by atoms with E-state index in [-0.39, 0.29) is 5.54 Å². The van der Waals surface area contributed by atoms with Crippen molar-refractivity contribution in [3.63, 3.8) is 0 Å². The number of hydrogen-bond acceptors (Lipinski definition) is 3. The number of benzene rings is 1. The third-order valence-corrected chi connectivity index (χ3v) is 4.92. The number of nitrogens with two attached hydrogens (primary N) is 1. The van der Waals surface area contributed by atoms with E-state index in [1.54, 1.807) is 12.1 Å². The van der Waals surface area contributed by atoms with Crippen LogP contribution < -0.4 is 5.73 Å². The van der Waals surface area contributed by atoms with Crippen molar-refractivity contribution in [3.8, 4) is 0 Å². The van der Waals surface area contributed by atoms with Crippen LogP contribution >= 0.6 is 15.9 Å². The minimum absolute atomic E-state index is 0.332. The first kappa shape index (κ1) is 13.1. The molecule has 2 N–H and O–H groups in total. The quantitative estimate of drug-likeness (QED) is 0.912. The van der Waals surface area contributed by atoms with Crippen LogP contribution in [-0.4, -0.2) is 14.7 Å². The van der Waals surface area contributed by atoms with E-state index >= 15 is 0 Å². The van der Waals surface area contributed by atoms with E-state index in [0.29, 0.717) is 4.90 Å². The van der Waals surface area contributed by atoms with Crippen molar-refractivity contribution in [1.82, 2.24) is 0 Å². The summed E-state index contributed by atoms with van der Waals surface area (Å²) in [5.41, 5.74) is 6.91. The molecule has 1 aromatic carbocycles. The van der Waals surface area contributed by atoms with Gasteiger partial charge in [-0.25, -0.2) is 8.42 Å². The van der Waals surface area contributed by atoms with Gasteiger partial charge in [0.1, 0.15) is 0 Å². The van der Waals surface area contributed by atoms with Gasteiger partial charge in [0.15, 0.2) is 9.84 Å². The molecule has 5 heteroatoms. The van der Waals surface area contributed by atoms with Crippen LogP contribution in [0.1, 0.15) is 31.2 Å². The van der Waals surface area contributed by atoms with Gasteiger partial charge in [-0.1, -0.05) is 28.8 Å². The van der Waals surface area contributed by atoms with E-state index in [1.165, 1.54) is 6.26 Å². The van der Waals surface area contributed by atoms with Gasteiger partial charge in [-0.2, -0.15) is 0 Å². The average Bonchev–Trinajstić information content (AvgIpc) is 2.64. The molecule has 17 heavy (non-hydrogen) atoms. The lowest BCUT2D eigenvalue weighted by Gasteiger charge is -2.25. The predicted molar refractivity (Wildman–Crippen MR) is 71.6 cm³/mol. The molecule has 0 bridgehead atoms. The Bertz CT molecular complexity index is 533. The lowest BCUT2D eigenvalue weighted by atomic mass is 9.89. The van der Waals surface area contributed by atoms with Crippen molar-refractivity contribution in [2.75, 3.05) is 6.26 Å². The van der Waals surface area contributed by atoms with Gasteiger partial charge in [0.05, 0.1) is 4.90 Å². The molecule has 0 amide bonds. The van der Waals surface area contributed by atoms with Gasteiger partial charge in [-0.15, -0.1) is 0 Å². The molecule has 1 saturated carbocycles. The zero-order valence-corrected chi connectivity index (χ0v) is 12.1. The van der Waals surface area contributed by atoms with E-state index in [1.807, 2.05) is 6.07 Å². The maximum atomic E-state index is 11.6. The predicted octanol–water partition coefficient (Wildman–Crippen LogP) is 2.58. The Morgan fingerprint density at radius 1 is 1.24 bits per heavy atom. The van der Waals surface area contributed by atoms with Crippen molar-refractivity contribution < 1.29 is 8.42 Å². The molecule has 3 nitrogen and oxygen atoms in total. The fourth-order valence-electron chi connectivity index (χ4n) is 2.36. The molecule has 1 aromatic rings. The Labute approximate surface area is 110 Å². The van der Waals surface area contributed by atoms with E-state index in [9.17, 15) is 8.42 Å². The van der Waals surface area contributed by atoms with E-state index in [0.717, 1.165) is 35.7 Å². The smallest absolute Gasteiger partial charge is 0.175 e. The Morgan fingerprint density at radius 2 is 1.82 bits per heavy atom.